The van der Waals surface area contributed by atoms with E-state index in [0.717, 1.165) is 27.6 Å². The minimum absolute atomic E-state index is 0.0357. The molecular weight excluding hydrogens is 302 g/mol. The molecule has 0 aliphatic carbocycles. The third-order valence-electron chi connectivity index (χ3n) is 4.60. The van der Waals surface area contributed by atoms with E-state index in [1.54, 1.807) is 11.8 Å². The number of hydrogen-bond acceptors (Lipinski definition) is 5. The van der Waals surface area contributed by atoms with Crippen LogP contribution in [0, 0.1) is 0 Å². The number of nitrogens with one attached hydrogen (secondary N) is 1. The lowest BCUT2D eigenvalue weighted by Gasteiger charge is -2.31. The Hall–Kier alpha value is -1.73. The molecule has 0 saturated carbocycles. The number of thioether (sulfide) groups is 1. The number of carbonyl (C=O) groups is 1. The number of hydrogen-bond donors (Lipinski definition) is 1. The normalized spacial score (nSPS) is 31.5. The molecule has 0 aromatic heterocycles. The molecule has 5 rings (SSSR count). The third-order valence-corrected chi connectivity index (χ3v) is 5.72. The van der Waals surface area contributed by atoms with Gasteiger partial charge in [-0.25, -0.2) is 9.79 Å². The lowest BCUT2D eigenvalue weighted by molar-refractivity contribution is 0.0454. The largest absolute Gasteiger partial charge is 0.489 e. The fraction of sp³-hybridized carbons (Fsp3) is 0.467. The summed E-state index contributed by atoms with van der Waals surface area (Å²) in [5.41, 5.74) is -0.191. The minimum Gasteiger partial charge on any atom is -0.489 e. The summed E-state index contributed by atoms with van der Waals surface area (Å²) in [5, 5.41) is 5.05. The second-order valence-corrected chi connectivity index (χ2v) is 6.90. The number of amides is 2. The van der Waals surface area contributed by atoms with Crippen molar-refractivity contribution < 1.29 is 14.3 Å². The second kappa shape index (κ2) is 4.63. The van der Waals surface area contributed by atoms with E-state index in [4.69, 9.17) is 14.5 Å². The Morgan fingerprint density at radius 3 is 3.32 bits per heavy atom. The van der Waals surface area contributed by atoms with Gasteiger partial charge in [-0.1, -0.05) is 11.8 Å². The summed E-state index contributed by atoms with van der Waals surface area (Å²) in [6, 6.07) is 4.25. The molecule has 4 aliphatic rings. The van der Waals surface area contributed by atoms with E-state index in [9.17, 15) is 4.79 Å². The summed E-state index contributed by atoms with van der Waals surface area (Å²) >= 11 is 1.64. The van der Waals surface area contributed by atoms with Crippen LogP contribution in [-0.2, 0) is 4.74 Å². The van der Waals surface area contributed by atoms with E-state index in [1.807, 2.05) is 17.0 Å². The van der Waals surface area contributed by atoms with Crippen molar-refractivity contribution in [1.82, 2.24) is 10.2 Å². The Bertz CT molecular complexity index is 781. The average Bonchev–Trinajstić information content (AvgIpc) is 3.20. The molecule has 2 fully saturated rings. The molecule has 1 N–H and O–H groups in total. The highest BCUT2D eigenvalue weighted by atomic mass is 32.2. The van der Waals surface area contributed by atoms with Crippen LogP contribution in [0.2, 0.25) is 0 Å². The van der Waals surface area contributed by atoms with Crippen LogP contribution in [0.1, 0.15) is 6.42 Å². The van der Waals surface area contributed by atoms with Crippen molar-refractivity contribution in [3.05, 3.63) is 22.7 Å². The van der Waals surface area contributed by atoms with Crippen LogP contribution in [0.25, 0.3) is 6.08 Å². The zero-order chi connectivity index (χ0) is 14.7. The first-order valence-electron chi connectivity index (χ1n) is 7.48. The van der Waals surface area contributed by atoms with Crippen LogP contribution in [0.15, 0.2) is 22.0 Å². The molecule has 1 unspecified atom stereocenters. The molecular formula is C15H15N3O3S. The molecule has 2 amide bonds. The van der Waals surface area contributed by atoms with Gasteiger partial charge in [-0.2, -0.15) is 0 Å². The van der Waals surface area contributed by atoms with Gasteiger partial charge >= 0.3 is 6.03 Å². The average molecular weight is 317 g/mol. The number of ether oxygens (including phenoxy) is 2. The molecule has 4 heterocycles. The van der Waals surface area contributed by atoms with Crippen molar-refractivity contribution in [3.8, 4) is 5.75 Å². The monoisotopic (exact) mass is 317 g/mol. The maximum Gasteiger partial charge on any atom is 0.320 e. The molecule has 0 radical (unpaired) electrons. The van der Waals surface area contributed by atoms with Crippen LogP contribution in [0.5, 0.6) is 5.75 Å². The number of benzene rings is 1. The van der Waals surface area contributed by atoms with Crippen molar-refractivity contribution in [2.45, 2.75) is 28.9 Å². The highest BCUT2D eigenvalue weighted by Gasteiger charge is 2.45. The molecule has 2 saturated heterocycles. The molecule has 1 aromatic rings. The van der Waals surface area contributed by atoms with E-state index in [1.165, 1.54) is 0 Å². The van der Waals surface area contributed by atoms with Crippen molar-refractivity contribution in [3.63, 3.8) is 0 Å². The summed E-state index contributed by atoms with van der Waals surface area (Å²) < 4.78 is 11.0. The van der Waals surface area contributed by atoms with E-state index < -0.39 is 0 Å². The van der Waals surface area contributed by atoms with Crippen molar-refractivity contribution in [2.75, 3.05) is 19.8 Å². The summed E-state index contributed by atoms with van der Waals surface area (Å²) in [7, 11) is 0. The fourth-order valence-corrected chi connectivity index (χ4v) is 4.72. The first kappa shape index (κ1) is 12.8. The second-order valence-electron chi connectivity index (χ2n) is 5.81. The zero-order valence-corrected chi connectivity index (χ0v) is 12.6. The van der Waals surface area contributed by atoms with Gasteiger partial charge in [-0.05, 0) is 24.6 Å². The van der Waals surface area contributed by atoms with Crippen LogP contribution < -0.4 is 20.6 Å². The Morgan fingerprint density at radius 2 is 2.36 bits per heavy atom. The maximum atomic E-state index is 12.4. The first-order valence-corrected chi connectivity index (χ1v) is 8.36. The molecule has 0 bridgehead atoms. The third kappa shape index (κ3) is 1.72. The van der Waals surface area contributed by atoms with Crippen molar-refractivity contribution in [2.24, 2.45) is 4.99 Å². The maximum absolute atomic E-state index is 12.4. The molecule has 6 nitrogen and oxygen atoms in total. The van der Waals surface area contributed by atoms with Gasteiger partial charge in [0.15, 0.2) is 5.50 Å². The van der Waals surface area contributed by atoms with Gasteiger partial charge in [0.2, 0.25) is 0 Å². The minimum atomic E-state index is -0.191. The Labute approximate surface area is 131 Å². The Morgan fingerprint density at radius 1 is 1.41 bits per heavy atom. The molecule has 0 spiro atoms. The topological polar surface area (TPSA) is 63.2 Å². The molecule has 1 aromatic carbocycles. The quantitative estimate of drug-likeness (QED) is 0.795. The van der Waals surface area contributed by atoms with Gasteiger partial charge in [-0.15, -0.1) is 0 Å². The Kier molecular flexibility index (Phi) is 2.69. The highest BCUT2D eigenvalue weighted by molar-refractivity contribution is 8.00. The molecule has 3 atom stereocenters. The summed E-state index contributed by atoms with van der Waals surface area (Å²) in [6.45, 7) is 1.89. The lowest BCUT2D eigenvalue weighted by atomic mass is 10.1. The van der Waals surface area contributed by atoms with Crippen LogP contribution in [0.4, 0.5) is 4.79 Å². The first-order chi connectivity index (χ1) is 10.8. The summed E-state index contributed by atoms with van der Waals surface area (Å²) in [6.07, 6.45) is 2.92. The molecule has 22 heavy (non-hydrogen) atoms. The number of rotatable bonds is 1. The van der Waals surface area contributed by atoms with Gasteiger partial charge in [0.25, 0.3) is 0 Å². The van der Waals surface area contributed by atoms with Gasteiger partial charge in [0.05, 0.1) is 24.0 Å². The molecule has 114 valence electrons. The van der Waals surface area contributed by atoms with E-state index in [2.05, 4.69) is 11.4 Å². The zero-order valence-electron chi connectivity index (χ0n) is 11.8. The lowest BCUT2D eigenvalue weighted by Crippen LogP contribution is -2.46. The van der Waals surface area contributed by atoms with Crippen molar-refractivity contribution >= 4 is 23.9 Å². The number of urea groups is 1. The van der Waals surface area contributed by atoms with E-state index >= 15 is 0 Å². The number of nitrogens with zero attached hydrogens (tertiary/aromatic N) is 2. The van der Waals surface area contributed by atoms with E-state index in [0.29, 0.717) is 19.8 Å². The van der Waals surface area contributed by atoms with Crippen LogP contribution >= 0.6 is 11.8 Å². The molecule has 4 aliphatic heterocycles. The van der Waals surface area contributed by atoms with Gasteiger partial charge in [-0.3, -0.25) is 4.90 Å². The van der Waals surface area contributed by atoms with Crippen LogP contribution in [-0.4, -0.2) is 48.3 Å². The van der Waals surface area contributed by atoms with Gasteiger partial charge in [0, 0.05) is 16.7 Å². The number of carbonyl (C=O) groups excluding carboxylic acids is 1. The standard InChI is InChI=1S/C15H15N3O3S/c19-14-16-9-7-20-5-4-10(9)18(14)15-17-13-8-3-6-21-11(8)1-2-12(13)22-15/h1-3,9-10,15H,4-7H2,(H,16,19)/t9-,10+,15?/m0/s1. The highest BCUT2D eigenvalue weighted by Crippen LogP contribution is 2.34. The predicted octanol–water partition coefficient (Wildman–Crippen LogP) is 0.0511. The predicted molar refractivity (Wildman–Crippen MR) is 80.2 cm³/mol. The van der Waals surface area contributed by atoms with Gasteiger partial charge in [0.1, 0.15) is 12.4 Å². The summed E-state index contributed by atoms with van der Waals surface area (Å²) in [5.74, 6) is 0.888. The van der Waals surface area contributed by atoms with E-state index in [-0.39, 0.29) is 23.6 Å². The van der Waals surface area contributed by atoms with Gasteiger partial charge < -0.3 is 14.8 Å². The van der Waals surface area contributed by atoms with Crippen molar-refractivity contribution in [1.29, 1.82) is 0 Å². The van der Waals surface area contributed by atoms with Crippen LogP contribution in [0.3, 0.4) is 0 Å². The smallest absolute Gasteiger partial charge is 0.320 e. The summed E-state index contributed by atoms with van der Waals surface area (Å²) in [4.78, 5) is 20.2. The fourth-order valence-electron chi connectivity index (χ4n) is 3.55. The Balaban J connectivity index is 1.54. The molecule has 7 heteroatoms. The number of fused-ring (bicyclic) bond motifs is 4. The SMILES string of the molecule is O=C1N[C@H]2COCC[C@H]2N1C1N=c2c(ccc3c2=CCO3)S1.